The van der Waals surface area contributed by atoms with E-state index in [1.807, 2.05) is 30.3 Å². The van der Waals surface area contributed by atoms with Gasteiger partial charge in [-0.1, -0.05) is 30.3 Å². The third-order valence-corrected chi connectivity index (χ3v) is 4.71. The molecular weight excluding hydrogens is 325 g/mol. The molecule has 0 N–H and O–H groups in total. The number of halogens is 3. The highest BCUT2D eigenvalue weighted by atomic mass is 32.1. The van der Waals surface area contributed by atoms with Crippen LogP contribution in [0, 0.1) is 0 Å². The second-order valence-electron chi connectivity index (χ2n) is 5.49. The first kappa shape index (κ1) is 16.0. The van der Waals surface area contributed by atoms with Crippen molar-refractivity contribution in [3.8, 4) is 0 Å². The maximum absolute atomic E-state index is 13.0. The van der Waals surface area contributed by atoms with Gasteiger partial charge in [0.25, 0.3) is 5.91 Å². The number of rotatable bonds is 3. The molecule has 1 saturated heterocycles. The molecule has 0 spiro atoms. The van der Waals surface area contributed by atoms with Crippen LogP contribution in [-0.4, -0.2) is 34.6 Å². The van der Waals surface area contributed by atoms with Crippen molar-refractivity contribution in [2.75, 3.05) is 6.54 Å². The lowest BCUT2D eigenvalue weighted by Crippen LogP contribution is -2.44. The Morgan fingerprint density at radius 3 is 2.74 bits per heavy atom. The summed E-state index contributed by atoms with van der Waals surface area (Å²) in [6, 6.07) is 7.94. The van der Waals surface area contributed by atoms with E-state index in [9.17, 15) is 18.0 Å². The maximum atomic E-state index is 13.0. The summed E-state index contributed by atoms with van der Waals surface area (Å²) < 4.78 is 38.9. The van der Waals surface area contributed by atoms with Crippen molar-refractivity contribution >= 4 is 17.2 Å². The van der Waals surface area contributed by atoms with E-state index in [0.29, 0.717) is 12.8 Å². The number of hydrogen-bond acceptors (Lipinski definition) is 3. The van der Waals surface area contributed by atoms with Gasteiger partial charge in [0.05, 0.1) is 5.01 Å². The van der Waals surface area contributed by atoms with E-state index < -0.39 is 18.1 Å². The lowest BCUT2D eigenvalue weighted by Gasteiger charge is -2.25. The van der Waals surface area contributed by atoms with E-state index in [2.05, 4.69) is 4.98 Å². The fourth-order valence-corrected chi connectivity index (χ4v) is 3.56. The first-order valence-corrected chi connectivity index (χ1v) is 8.19. The van der Waals surface area contributed by atoms with Crippen LogP contribution in [0.5, 0.6) is 0 Å². The number of benzene rings is 1. The lowest BCUT2D eigenvalue weighted by atomic mass is 10.2. The highest BCUT2D eigenvalue weighted by Crippen LogP contribution is 2.33. The topological polar surface area (TPSA) is 33.2 Å². The molecule has 1 aromatic carbocycles. The molecule has 1 fully saturated rings. The average molecular weight is 340 g/mol. The van der Waals surface area contributed by atoms with Crippen LogP contribution in [0.15, 0.2) is 35.7 Å². The molecule has 1 aliphatic rings. The largest absolute Gasteiger partial charge is 0.408 e. The Kier molecular flexibility index (Phi) is 4.39. The SMILES string of the molecule is O=C(c1csc(Cc2ccccc2)n1)N1CCC[C@H]1C(F)(F)F. The Bertz CT molecular complexity index is 684. The van der Waals surface area contributed by atoms with E-state index in [4.69, 9.17) is 0 Å². The van der Waals surface area contributed by atoms with Gasteiger partial charge >= 0.3 is 6.18 Å². The number of carbonyl (C=O) groups excluding carboxylic acids is 1. The number of alkyl halides is 3. The van der Waals surface area contributed by atoms with Crippen LogP contribution in [0.2, 0.25) is 0 Å². The molecule has 3 rings (SSSR count). The number of amides is 1. The number of aromatic nitrogens is 1. The second-order valence-corrected chi connectivity index (χ2v) is 6.43. The highest BCUT2D eigenvalue weighted by molar-refractivity contribution is 7.09. The van der Waals surface area contributed by atoms with Crippen LogP contribution < -0.4 is 0 Å². The van der Waals surface area contributed by atoms with Crippen LogP contribution in [-0.2, 0) is 6.42 Å². The van der Waals surface area contributed by atoms with Crippen LogP contribution in [0.4, 0.5) is 13.2 Å². The van der Waals surface area contributed by atoms with Gasteiger partial charge in [0.1, 0.15) is 11.7 Å². The summed E-state index contributed by atoms with van der Waals surface area (Å²) in [5, 5.41) is 2.27. The van der Waals surface area contributed by atoms with Crippen LogP contribution in [0.25, 0.3) is 0 Å². The minimum absolute atomic E-state index is 0.0315. The molecular formula is C16H15F3N2OS. The molecule has 0 radical (unpaired) electrons. The summed E-state index contributed by atoms with van der Waals surface area (Å²) in [5.41, 5.74) is 1.16. The molecule has 2 heterocycles. The van der Waals surface area contributed by atoms with E-state index in [0.717, 1.165) is 15.5 Å². The minimum Gasteiger partial charge on any atom is -0.325 e. The van der Waals surface area contributed by atoms with Crippen molar-refractivity contribution in [3.05, 3.63) is 52.0 Å². The predicted octanol–water partition coefficient (Wildman–Crippen LogP) is 3.90. The molecule has 2 aromatic rings. The number of thiazole rings is 1. The van der Waals surface area contributed by atoms with Crippen molar-refractivity contribution in [1.82, 2.24) is 9.88 Å². The zero-order valence-electron chi connectivity index (χ0n) is 12.2. The standard InChI is InChI=1S/C16H15F3N2OS/c17-16(18,19)13-7-4-8-21(13)15(22)12-10-23-14(20-12)9-11-5-2-1-3-6-11/h1-3,5-6,10,13H,4,7-9H2/t13-/m0/s1. The summed E-state index contributed by atoms with van der Waals surface area (Å²) in [5.74, 6) is -0.625. The first-order valence-electron chi connectivity index (χ1n) is 7.31. The first-order chi connectivity index (χ1) is 10.9. The van der Waals surface area contributed by atoms with Crippen molar-refractivity contribution in [1.29, 1.82) is 0 Å². The van der Waals surface area contributed by atoms with Crippen molar-refractivity contribution < 1.29 is 18.0 Å². The fourth-order valence-electron chi connectivity index (χ4n) is 2.76. The van der Waals surface area contributed by atoms with Crippen LogP contribution in [0.3, 0.4) is 0 Å². The van der Waals surface area contributed by atoms with E-state index in [1.165, 1.54) is 11.3 Å². The van der Waals surface area contributed by atoms with Gasteiger partial charge in [0.15, 0.2) is 0 Å². The number of carbonyl (C=O) groups is 1. The summed E-state index contributed by atoms with van der Waals surface area (Å²) in [6.45, 7) is 0.133. The molecule has 23 heavy (non-hydrogen) atoms. The zero-order valence-corrected chi connectivity index (χ0v) is 13.0. The third-order valence-electron chi connectivity index (χ3n) is 3.86. The molecule has 3 nitrogen and oxygen atoms in total. The van der Waals surface area contributed by atoms with Crippen molar-refractivity contribution in [3.63, 3.8) is 0 Å². The van der Waals surface area contributed by atoms with E-state index >= 15 is 0 Å². The van der Waals surface area contributed by atoms with E-state index in [-0.39, 0.29) is 18.7 Å². The Labute approximate surface area is 135 Å². The molecule has 7 heteroatoms. The van der Waals surface area contributed by atoms with Crippen molar-refractivity contribution in [2.24, 2.45) is 0 Å². The van der Waals surface area contributed by atoms with Gasteiger partial charge in [0, 0.05) is 18.3 Å². The highest BCUT2D eigenvalue weighted by Gasteiger charge is 2.48. The van der Waals surface area contributed by atoms with E-state index in [1.54, 1.807) is 5.38 Å². The van der Waals surface area contributed by atoms with Gasteiger partial charge in [-0.05, 0) is 18.4 Å². The fraction of sp³-hybridized carbons (Fsp3) is 0.375. The van der Waals surface area contributed by atoms with Crippen LogP contribution >= 0.6 is 11.3 Å². The summed E-state index contributed by atoms with van der Waals surface area (Å²) in [4.78, 5) is 17.5. The molecule has 1 atom stereocenters. The summed E-state index contributed by atoms with van der Waals surface area (Å²) in [7, 11) is 0. The monoisotopic (exact) mass is 340 g/mol. The van der Waals surface area contributed by atoms with Gasteiger partial charge in [0.2, 0.25) is 0 Å². The zero-order chi connectivity index (χ0) is 16.4. The molecule has 0 saturated carbocycles. The van der Waals surface area contributed by atoms with Gasteiger partial charge in [-0.25, -0.2) is 4.98 Å². The van der Waals surface area contributed by atoms with Gasteiger partial charge < -0.3 is 4.90 Å². The Balaban J connectivity index is 1.74. The van der Waals surface area contributed by atoms with Gasteiger partial charge in [-0.15, -0.1) is 11.3 Å². The quantitative estimate of drug-likeness (QED) is 0.849. The van der Waals surface area contributed by atoms with Crippen molar-refractivity contribution in [2.45, 2.75) is 31.5 Å². The molecule has 122 valence electrons. The lowest BCUT2D eigenvalue weighted by molar-refractivity contribution is -0.169. The summed E-state index contributed by atoms with van der Waals surface area (Å²) in [6.07, 6.45) is -3.47. The minimum atomic E-state index is -4.38. The smallest absolute Gasteiger partial charge is 0.325 e. The molecule has 1 aliphatic heterocycles. The molecule has 1 aromatic heterocycles. The Hall–Kier alpha value is -1.89. The Morgan fingerprint density at radius 1 is 1.30 bits per heavy atom. The average Bonchev–Trinajstić information content (AvgIpc) is 3.16. The summed E-state index contributed by atoms with van der Waals surface area (Å²) >= 11 is 1.30. The predicted molar refractivity (Wildman–Crippen MR) is 81.5 cm³/mol. The second kappa shape index (κ2) is 6.31. The maximum Gasteiger partial charge on any atom is 0.408 e. The Morgan fingerprint density at radius 2 is 2.04 bits per heavy atom. The molecule has 0 unspecified atom stereocenters. The van der Waals surface area contributed by atoms with Crippen LogP contribution in [0.1, 0.15) is 33.9 Å². The molecule has 0 bridgehead atoms. The normalized spacial score (nSPS) is 18.4. The number of likely N-dealkylation sites (tertiary alicyclic amines) is 1. The van der Waals surface area contributed by atoms with Gasteiger partial charge in [-0.3, -0.25) is 4.79 Å². The number of nitrogens with zero attached hydrogens (tertiary/aromatic N) is 2. The third kappa shape index (κ3) is 3.55. The molecule has 0 aliphatic carbocycles. The number of hydrogen-bond donors (Lipinski definition) is 0. The molecule has 1 amide bonds. The van der Waals surface area contributed by atoms with Gasteiger partial charge in [-0.2, -0.15) is 13.2 Å².